The van der Waals surface area contributed by atoms with Gasteiger partial charge in [0.25, 0.3) is 0 Å². The Kier molecular flexibility index (Phi) is 5.95. The number of ketones is 1. The van der Waals surface area contributed by atoms with Gasteiger partial charge in [-0.3, -0.25) is 9.36 Å². The molecule has 1 aromatic heterocycles. The van der Waals surface area contributed by atoms with Crippen molar-refractivity contribution < 1.29 is 28.9 Å². The number of aromatic nitrogens is 1. The Bertz CT molecular complexity index is 1310. The van der Waals surface area contributed by atoms with Crippen LogP contribution < -0.4 is 0 Å². The summed E-state index contributed by atoms with van der Waals surface area (Å²) in [5.41, 5.74) is 1.46. The van der Waals surface area contributed by atoms with E-state index in [1.54, 1.807) is 49.4 Å². The molecule has 33 heavy (non-hydrogen) atoms. The van der Waals surface area contributed by atoms with Gasteiger partial charge in [-0.15, -0.1) is 0 Å². The molecule has 0 unspecified atom stereocenters. The molecule has 0 bridgehead atoms. The lowest BCUT2D eigenvalue weighted by molar-refractivity contribution is 0.0526. The zero-order valence-electron chi connectivity index (χ0n) is 17.7. The number of esters is 1. The van der Waals surface area contributed by atoms with E-state index < -0.39 is 29.2 Å². The lowest BCUT2D eigenvalue weighted by atomic mass is 9.99. The minimum atomic E-state index is -0.599. The summed E-state index contributed by atoms with van der Waals surface area (Å²) < 4.78 is 19.9. The molecule has 1 heterocycles. The number of ether oxygens (including phenoxy) is 1. The molecule has 0 saturated heterocycles. The monoisotopic (exact) mass is 445 g/mol. The fourth-order valence-corrected chi connectivity index (χ4v) is 3.59. The number of benzene rings is 3. The number of rotatable bonds is 6. The van der Waals surface area contributed by atoms with Crippen molar-refractivity contribution in [3.63, 3.8) is 0 Å². The second-order valence-corrected chi connectivity index (χ2v) is 7.20. The maximum absolute atomic E-state index is 13.6. The van der Waals surface area contributed by atoms with Crippen LogP contribution in [0.3, 0.4) is 0 Å². The van der Waals surface area contributed by atoms with Crippen molar-refractivity contribution in [2.24, 2.45) is 0 Å². The van der Waals surface area contributed by atoms with Crippen LogP contribution in [-0.2, 0) is 4.74 Å². The van der Waals surface area contributed by atoms with Crippen molar-refractivity contribution in [2.75, 3.05) is 6.61 Å². The predicted octanol–water partition coefficient (Wildman–Crippen LogP) is 5.10. The smallest absolute Gasteiger partial charge is 0.338 e. The molecular formula is C26H20FNO5. The SMILES string of the molecule is CCOC(=O)c1ccc(-n2c(O)c(O)c(C(=O)c3ccccc3)c2-c2ccc(F)cc2)cc1. The van der Waals surface area contributed by atoms with Gasteiger partial charge >= 0.3 is 5.97 Å². The molecular weight excluding hydrogens is 425 g/mol. The minimum absolute atomic E-state index is 0.125. The summed E-state index contributed by atoms with van der Waals surface area (Å²) in [5.74, 6) is -2.64. The summed E-state index contributed by atoms with van der Waals surface area (Å²) in [6.07, 6.45) is 0. The summed E-state index contributed by atoms with van der Waals surface area (Å²) in [6, 6.07) is 19.8. The molecule has 0 spiro atoms. The van der Waals surface area contributed by atoms with Crippen LogP contribution in [0.4, 0.5) is 4.39 Å². The molecule has 0 radical (unpaired) electrons. The first kappa shape index (κ1) is 21.8. The normalized spacial score (nSPS) is 10.7. The highest BCUT2D eigenvalue weighted by atomic mass is 19.1. The zero-order chi connectivity index (χ0) is 23.5. The van der Waals surface area contributed by atoms with Crippen molar-refractivity contribution in [3.05, 3.63) is 101 Å². The van der Waals surface area contributed by atoms with Crippen molar-refractivity contribution in [2.45, 2.75) is 6.92 Å². The van der Waals surface area contributed by atoms with Gasteiger partial charge < -0.3 is 14.9 Å². The van der Waals surface area contributed by atoms with E-state index in [-0.39, 0.29) is 17.9 Å². The van der Waals surface area contributed by atoms with Crippen LogP contribution in [0, 0.1) is 5.82 Å². The standard InChI is InChI=1S/C26H20FNO5/c1-2-33-26(32)18-10-14-20(15-11-18)28-22(16-8-12-19(27)13-9-16)21(24(30)25(28)31)23(29)17-6-4-3-5-7-17/h3-15,30-31H,2H2,1H3. The molecule has 166 valence electrons. The first-order valence-corrected chi connectivity index (χ1v) is 10.2. The Morgan fingerprint density at radius 2 is 1.52 bits per heavy atom. The maximum Gasteiger partial charge on any atom is 0.338 e. The molecule has 0 aliphatic heterocycles. The second kappa shape index (κ2) is 9.00. The third-order valence-corrected chi connectivity index (χ3v) is 5.14. The van der Waals surface area contributed by atoms with E-state index >= 15 is 0 Å². The molecule has 0 amide bonds. The molecule has 4 aromatic rings. The van der Waals surface area contributed by atoms with E-state index in [1.807, 2.05) is 0 Å². The van der Waals surface area contributed by atoms with E-state index in [2.05, 4.69) is 0 Å². The largest absolute Gasteiger partial charge is 0.503 e. The van der Waals surface area contributed by atoms with Gasteiger partial charge in [0.05, 0.1) is 23.4 Å². The van der Waals surface area contributed by atoms with Crippen LogP contribution in [-0.4, -0.2) is 33.1 Å². The number of carbonyl (C=O) groups excluding carboxylic acids is 2. The summed E-state index contributed by atoms with van der Waals surface area (Å²) in [5, 5.41) is 21.6. The highest BCUT2D eigenvalue weighted by Crippen LogP contribution is 2.44. The number of hydrogen-bond acceptors (Lipinski definition) is 5. The third kappa shape index (κ3) is 4.08. The predicted molar refractivity (Wildman–Crippen MR) is 120 cm³/mol. The van der Waals surface area contributed by atoms with Crippen molar-refractivity contribution in [1.82, 2.24) is 4.57 Å². The Morgan fingerprint density at radius 1 is 0.879 bits per heavy atom. The Labute approximate surface area is 189 Å². The number of carbonyl (C=O) groups is 2. The molecule has 0 aliphatic carbocycles. The molecule has 2 N–H and O–H groups in total. The van der Waals surface area contributed by atoms with Crippen LogP contribution in [0.25, 0.3) is 16.9 Å². The van der Waals surface area contributed by atoms with Crippen molar-refractivity contribution >= 4 is 11.8 Å². The molecule has 0 aliphatic rings. The summed E-state index contributed by atoms with van der Waals surface area (Å²) in [6.45, 7) is 1.93. The van der Waals surface area contributed by atoms with Gasteiger partial charge in [0.2, 0.25) is 5.88 Å². The first-order valence-electron chi connectivity index (χ1n) is 10.2. The molecule has 0 atom stereocenters. The fourth-order valence-electron chi connectivity index (χ4n) is 3.59. The average Bonchev–Trinajstić information content (AvgIpc) is 3.10. The molecule has 0 fully saturated rings. The maximum atomic E-state index is 13.6. The van der Waals surface area contributed by atoms with Gasteiger partial charge in [0.15, 0.2) is 11.5 Å². The van der Waals surface area contributed by atoms with Gasteiger partial charge in [-0.2, -0.15) is 0 Å². The number of aromatic hydroxyl groups is 2. The van der Waals surface area contributed by atoms with Gasteiger partial charge in [-0.05, 0) is 61.0 Å². The lowest BCUT2D eigenvalue weighted by Gasteiger charge is -2.13. The Morgan fingerprint density at radius 3 is 2.12 bits per heavy atom. The van der Waals surface area contributed by atoms with Crippen LogP contribution in [0.2, 0.25) is 0 Å². The average molecular weight is 445 g/mol. The summed E-state index contributed by atoms with van der Waals surface area (Å²) >= 11 is 0. The first-order chi connectivity index (χ1) is 15.9. The minimum Gasteiger partial charge on any atom is -0.503 e. The van der Waals surface area contributed by atoms with Crippen LogP contribution in [0.5, 0.6) is 11.6 Å². The van der Waals surface area contributed by atoms with E-state index in [4.69, 9.17) is 4.74 Å². The zero-order valence-corrected chi connectivity index (χ0v) is 17.7. The van der Waals surface area contributed by atoms with Crippen LogP contribution in [0.15, 0.2) is 78.9 Å². The summed E-state index contributed by atoms with van der Waals surface area (Å²) in [4.78, 5) is 25.3. The lowest BCUT2D eigenvalue weighted by Crippen LogP contribution is -2.06. The van der Waals surface area contributed by atoms with E-state index in [0.717, 1.165) is 0 Å². The van der Waals surface area contributed by atoms with Crippen LogP contribution in [0.1, 0.15) is 33.2 Å². The Balaban J connectivity index is 1.93. The topological polar surface area (TPSA) is 88.8 Å². The van der Waals surface area contributed by atoms with E-state index in [9.17, 15) is 24.2 Å². The van der Waals surface area contributed by atoms with Gasteiger partial charge in [-0.1, -0.05) is 30.3 Å². The van der Waals surface area contributed by atoms with Crippen LogP contribution >= 0.6 is 0 Å². The van der Waals surface area contributed by atoms with Crippen molar-refractivity contribution in [3.8, 4) is 28.6 Å². The highest BCUT2D eigenvalue weighted by molar-refractivity contribution is 6.15. The van der Waals surface area contributed by atoms with E-state index in [1.165, 1.54) is 41.0 Å². The quantitative estimate of drug-likeness (QED) is 0.318. The Hall–Kier alpha value is -4.39. The van der Waals surface area contributed by atoms with Gasteiger partial charge in [-0.25, -0.2) is 9.18 Å². The van der Waals surface area contributed by atoms with Crippen molar-refractivity contribution in [1.29, 1.82) is 0 Å². The van der Waals surface area contributed by atoms with Gasteiger partial charge in [0, 0.05) is 11.3 Å². The number of nitrogens with zero attached hydrogens (tertiary/aromatic N) is 1. The second-order valence-electron chi connectivity index (χ2n) is 7.20. The molecule has 0 saturated carbocycles. The fraction of sp³-hybridized carbons (Fsp3) is 0.0769. The van der Waals surface area contributed by atoms with E-state index in [0.29, 0.717) is 22.4 Å². The molecule has 7 heteroatoms. The van der Waals surface area contributed by atoms with Gasteiger partial charge in [0.1, 0.15) is 5.82 Å². The number of halogens is 1. The number of hydrogen-bond donors (Lipinski definition) is 2. The molecule has 6 nitrogen and oxygen atoms in total. The molecule has 4 rings (SSSR count). The highest BCUT2D eigenvalue weighted by Gasteiger charge is 2.29. The summed E-state index contributed by atoms with van der Waals surface area (Å²) in [7, 11) is 0. The molecule has 3 aromatic carbocycles. The third-order valence-electron chi connectivity index (χ3n) is 5.14.